The number of carbonyl (C=O) groups excluding carboxylic acids is 2. The summed E-state index contributed by atoms with van der Waals surface area (Å²) in [7, 11) is 1.40. The summed E-state index contributed by atoms with van der Waals surface area (Å²) in [6, 6.07) is 18.8. The van der Waals surface area contributed by atoms with Crippen LogP contribution in [-0.2, 0) is 9.53 Å². The summed E-state index contributed by atoms with van der Waals surface area (Å²) in [5, 5.41) is 5.35. The van der Waals surface area contributed by atoms with Crippen LogP contribution < -0.4 is 0 Å². The molecule has 2 aromatic carbocycles. The molecule has 0 N–H and O–H groups in total. The number of carbonyl (C=O) groups is 2. The Morgan fingerprint density at radius 1 is 1.03 bits per heavy atom. The Morgan fingerprint density at radius 2 is 1.70 bits per heavy atom. The first-order valence-corrected chi connectivity index (χ1v) is 10.2. The van der Waals surface area contributed by atoms with Crippen molar-refractivity contribution in [1.29, 1.82) is 0 Å². The van der Waals surface area contributed by atoms with Crippen molar-refractivity contribution in [2.45, 2.75) is 12.8 Å². The van der Waals surface area contributed by atoms with E-state index in [9.17, 15) is 9.59 Å². The number of nitrogens with zero attached hydrogens (tertiary/aromatic N) is 3. The number of benzene rings is 2. The van der Waals surface area contributed by atoms with Gasteiger partial charge in [-0.1, -0.05) is 41.9 Å². The molecule has 0 aliphatic carbocycles. The number of likely N-dealkylation sites (tertiary alicyclic amines) is 1. The largest absolute Gasteiger partial charge is 0.469 e. The van der Waals surface area contributed by atoms with E-state index < -0.39 is 0 Å². The summed E-state index contributed by atoms with van der Waals surface area (Å²) in [6.07, 6.45) is 1.20. The van der Waals surface area contributed by atoms with Crippen LogP contribution in [0.5, 0.6) is 0 Å². The van der Waals surface area contributed by atoms with Gasteiger partial charge in [-0.15, -0.1) is 0 Å². The fourth-order valence-corrected chi connectivity index (χ4v) is 3.83. The fraction of sp³-hybridized carbons (Fsp3) is 0.261. The summed E-state index contributed by atoms with van der Waals surface area (Å²) >= 11 is 6.01. The van der Waals surface area contributed by atoms with E-state index >= 15 is 0 Å². The number of piperidine rings is 1. The third-order valence-electron chi connectivity index (χ3n) is 5.39. The molecule has 1 saturated heterocycles. The van der Waals surface area contributed by atoms with E-state index in [-0.39, 0.29) is 17.8 Å². The van der Waals surface area contributed by atoms with Gasteiger partial charge in [0, 0.05) is 23.7 Å². The minimum atomic E-state index is -0.207. The molecule has 0 spiro atoms. The maximum absolute atomic E-state index is 13.4. The smallest absolute Gasteiger partial charge is 0.308 e. The van der Waals surface area contributed by atoms with Crippen molar-refractivity contribution >= 4 is 23.5 Å². The number of halogens is 1. The highest BCUT2D eigenvalue weighted by Crippen LogP contribution is 2.26. The van der Waals surface area contributed by atoms with Gasteiger partial charge < -0.3 is 9.64 Å². The van der Waals surface area contributed by atoms with Crippen LogP contribution in [0.25, 0.3) is 16.9 Å². The van der Waals surface area contributed by atoms with Crippen LogP contribution in [0.15, 0.2) is 60.7 Å². The molecule has 7 heteroatoms. The Hall–Kier alpha value is -3.12. The van der Waals surface area contributed by atoms with Crippen LogP contribution in [0.2, 0.25) is 5.02 Å². The first kappa shape index (κ1) is 20.2. The van der Waals surface area contributed by atoms with Gasteiger partial charge >= 0.3 is 5.97 Å². The molecular weight excluding hydrogens is 402 g/mol. The fourth-order valence-electron chi connectivity index (χ4n) is 3.71. The van der Waals surface area contributed by atoms with E-state index in [1.54, 1.807) is 21.7 Å². The summed E-state index contributed by atoms with van der Waals surface area (Å²) in [4.78, 5) is 26.9. The zero-order valence-electron chi connectivity index (χ0n) is 16.6. The number of para-hydroxylation sites is 1. The molecule has 6 nitrogen and oxygen atoms in total. The zero-order chi connectivity index (χ0) is 21.1. The van der Waals surface area contributed by atoms with Crippen molar-refractivity contribution in [3.63, 3.8) is 0 Å². The predicted molar refractivity (Wildman–Crippen MR) is 115 cm³/mol. The zero-order valence-corrected chi connectivity index (χ0v) is 17.4. The molecule has 0 saturated carbocycles. The number of esters is 1. The number of ether oxygens (including phenoxy) is 1. The second-order valence-corrected chi connectivity index (χ2v) is 7.70. The maximum Gasteiger partial charge on any atom is 0.308 e. The predicted octanol–water partition coefficient (Wildman–Crippen LogP) is 4.22. The number of methoxy groups -OCH3 is 1. The third kappa shape index (κ3) is 4.09. The summed E-state index contributed by atoms with van der Waals surface area (Å²) in [5.41, 5.74) is 2.88. The minimum absolute atomic E-state index is 0.102. The molecular formula is C23H22ClN3O3. The number of aromatic nitrogens is 2. The molecule has 1 aromatic heterocycles. The average Bonchev–Trinajstić information content (AvgIpc) is 3.24. The Bertz CT molecular complexity index is 1040. The summed E-state index contributed by atoms with van der Waals surface area (Å²) < 4.78 is 6.52. The highest BCUT2D eigenvalue weighted by atomic mass is 35.5. The molecule has 30 heavy (non-hydrogen) atoms. The molecule has 0 atom stereocenters. The normalized spacial score (nSPS) is 14.5. The summed E-state index contributed by atoms with van der Waals surface area (Å²) in [6.45, 7) is 1.02. The molecule has 2 heterocycles. The van der Waals surface area contributed by atoms with Gasteiger partial charge in [0.05, 0.1) is 24.4 Å². The molecule has 4 rings (SSSR count). The van der Waals surface area contributed by atoms with E-state index in [0.717, 1.165) is 11.3 Å². The molecule has 0 unspecified atom stereocenters. The Kier molecular flexibility index (Phi) is 5.86. The number of hydrogen-bond acceptors (Lipinski definition) is 4. The van der Waals surface area contributed by atoms with Crippen LogP contribution >= 0.6 is 11.6 Å². The molecule has 0 radical (unpaired) electrons. The van der Waals surface area contributed by atoms with E-state index in [1.807, 2.05) is 48.5 Å². The molecule has 154 valence electrons. The standard InChI is InChI=1S/C23H22ClN3O3/c1-30-23(29)17-11-13-26(14-12-17)22(28)21-15-20(16-7-9-18(24)10-8-16)25-27(21)19-5-3-2-4-6-19/h2-10,15,17H,11-14H2,1H3. The second kappa shape index (κ2) is 8.71. The molecule has 1 aliphatic heterocycles. The molecule has 3 aromatic rings. The van der Waals surface area contributed by atoms with Gasteiger partial charge in [0.1, 0.15) is 5.69 Å². The van der Waals surface area contributed by atoms with Gasteiger partial charge in [0.25, 0.3) is 5.91 Å². The van der Waals surface area contributed by atoms with Gasteiger partial charge in [-0.05, 0) is 43.2 Å². The first-order chi connectivity index (χ1) is 14.6. The molecule has 1 fully saturated rings. The van der Waals surface area contributed by atoms with Crippen molar-refractivity contribution in [2.75, 3.05) is 20.2 Å². The SMILES string of the molecule is COC(=O)C1CCN(C(=O)c2cc(-c3ccc(Cl)cc3)nn2-c2ccccc2)CC1. The monoisotopic (exact) mass is 423 g/mol. The van der Waals surface area contributed by atoms with E-state index in [4.69, 9.17) is 21.4 Å². The van der Waals surface area contributed by atoms with E-state index in [1.165, 1.54) is 7.11 Å². The van der Waals surface area contributed by atoms with Crippen molar-refractivity contribution < 1.29 is 14.3 Å². The maximum atomic E-state index is 13.4. The lowest BCUT2D eigenvalue weighted by molar-refractivity contribution is -0.146. The van der Waals surface area contributed by atoms with Gasteiger partial charge in [-0.3, -0.25) is 9.59 Å². The molecule has 1 aliphatic rings. The first-order valence-electron chi connectivity index (χ1n) is 9.85. The third-order valence-corrected chi connectivity index (χ3v) is 5.64. The highest BCUT2D eigenvalue weighted by molar-refractivity contribution is 6.30. The lowest BCUT2D eigenvalue weighted by atomic mass is 9.97. The Morgan fingerprint density at radius 3 is 2.33 bits per heavy atom. The number of rotatable bonds is 4. The van der Waals surface area contributed by atoms with Crippen molar-refractivity contribution in [2.24, 2.45) is 5.92 Å². The quantitative estimate of drug-likeness (QED) is 0.589. The van der Waals surface area contributed by atoms with Gasteiger partial charge in [0.15, 0.2) is 0 Å². The van der Waals surface area contributed by atoms with Crippen LogP contribution in [0, 0.1) is 5.92 Å². The Balaban J connectivity index is 1.65. The van der Waals surface area contributed by atoms with Crippen LogP contribution in [0.4, 0.5) is 0 Å². The lowest BCUT2D eigenvalue weighted by Crippen LogP contribution is -2.41. The molecule has 0 bridgehead atoms. The van der Waals surface area contributed by atoms with Crippen molar-refractivity contribution in [3.05, 3.63) is 71.4 Å². The molecule has 1 amide bonds. The topological polar surface area (TPSA) is 64.4 Å². The van der Waals surface area contributed by atoms with Crippen LogP contribution in [0.1, 0.15) is 23.3 Å². The van der Waals surface area contributed by atoms with Crippen LogP contribution in [-0.4, -0.2) is 46.8 Å². The summed E-state index contributed by atoms with van der Waals surface area (Å²) in [5.74, 6) is -0.459. The van der Waals surface area contributed by atoms with Gasteiger partial charge in [0.2, 0.25) is 0 Å². The number of hydrogen-bond donors (Lipinski definition) is 0. The van der Waals surface area contributed by atoms with Crippen molar-refractivity contribution in [3.8, 4) is 16.9 Å². The number of amides is 1. The van der Waals surface area contributed by atoms with Crippen LogP contribution in [0.3, 0.4) is 0 Å². The minimum Gasteiger partial charge on any atom is -0.469 e. The highest BCUT2D eigenvalue weighted by Gasteiger charge is 2.30. The van der Waals surface area contributed by atoms with E-state index in [0.29, 0.717) is 42.3 Å². The second-order valence-electron chi connectivity index (χ2n) is 7.26. The van der Waals surface area contributed by atoms with Gasteiger partial charge in [-0.25, -0.2) is 4.68 Å². The van der Waals surface area contributed by atoms with E-state index in [2.05, 4.69) is 0 Å². The average molecular weight is 424 g/mol. The van der Waals surface area contributed by atoms with Gasteiger partial charge in [-0.2, -0.15) is 5.10 Å². The lowest BCUT2D eigenvalue weighted by Gasteiger charge is -2.30. The Labute approximate surface area is 180 Å². The van der Waals surface area contributed by atoms with Crippen molar-refractivity contribution in [1.82, 2.24) is 14.7 Å².